The Hall–Kier alpha value is -1.75. The number of ether oxygens (including phenoxy) is 1. The van der Waals surface area contributed by atoms with E-state index < -0.39 is 6.10 Å². The van der Waals surface area contributed by atoms with Crippen molar-refractivity contribution in [2.45, 2.75) is 32.5 Å². The molecule has 1 aliphatic heterocycles. The number of nitrogens with one attached hydrogen (secondary N) is 1. The van der Waals surface area contributed by atoms with Crippen LogP contribution in [0.1, 0.15) is 20.3 Å². The topological polar surface area (TPSA) is 61.8 Å². The minimum Gasteiger partial charge on any atom is -0.489 e. The predicted octanol–water partition coefficient (Wildman–Crippen LogP) is 2.07. The number of anilines is 1. The minimum atomic E-state index is -0.409. The Morgan fingerprint density at radius 3 is 2.84 bits per heavy atom. The first kappa shape index (κ1) is 13.7. The Balaban J connectivity index is 2.04. The average molecular weight is 264 g/mol. The highest BCUT2D eigenvalue weighted by Crippen LogP contribution is 2.25. The van der Waals surface area contributed by atoms with E-state index in [1.165, 1.54) is 0 Å². The lowest BCUT2D eigenvalue weighted by atomic mass is 10.3. The third-order valence-corrected chi connectivity index (χ3v) is 2.94. The molecule has 0 spiro atoms. The van der Waals surface area contributed by atoms with Gasteiger partial charge in [0.25, 0.3) is 0 Å². The number of aliphatic hydroxyl groups excluding tert-OH is 1. The number of likely N-dealkylation sites (tertiary alicyclic amines) is 1. The Morgan fingerprint density at radius 1 is 1.47 bits per heavy atom. The van der Waals surface area contributed by atoms with Gasteiger partial charge in [0.15, 0.2) is 0 Å². The molecule has 2 N–H and O–H groups in total. The maximum absolute atomic E-state index is 12.0. The number of para-hydroxylation sites is 2. The van der Waals surface area contributed by atoms with E-state index in [0.29, 0.717) is 30.9 Å². The van der Waals surface area contributed by atoms with E-state index >= 15 is 0 Å². The number of urea groups is 1. The third-order valence-electron chi connectivity index (χ3n) is 2.94. The summed E-state index contributed by atoms with van der Waals surface area (Å²) in [6.07, 6.45) is 0.275. The van der Waals surface area contributed by atoms with Crippen LogP contribution in [-0.4, -0.2) is 41.3 Å². The monoisotopic (exact) mass is 264 g/mol. The van der Waals surface area contributed by atoms with Crippen LogP contribution in [0.15, 0.2) is 24.3 Å². The van der Waals surface area contributed by atoms with Crippen LogP contribution < -0.4 is 10.1 Å². The van der Waals surface area contributed by atoms with E-state index in [-0.39, 0.29) is 12.1 Å². The van der Waals surface area contributed by atoms with Crippen molar-refractivity contribution in [1.29, 1.82) is 0 Å². The first-order valence-electron chi connectivity index (χ1n) is 6.56. The van der Waals surface area contributed by atoms with Crippen LogP contribution in [0.2, 0.25) is 0 Å². The maximum atomic E-state index is 12.0. The SMILES string of the molecule is CC(C)Oc1ccccc1NC(=O)N1CC[C@@H](O)C1. The van der Waals surface area contributed by atoms with Crippen LogP contribution in [0.5, 0.6) is 5.75 Å². The molecule has 0 aromatic heterocycles. The fourth-order valence-electron chi connectivity index (χ4n) is 2.05. The standard InChI is InChI=1S/C14H20N2O3/c1-10(2)19-13-6-4-3-5-12(13)15-14(18)16-8-7-11(17)9-16/h3-6,10-11,17H,7-9H2,1-2H3,(H,15,18)/t11-/m1/s1. The van der Waals surface area contributed by atoms with Gasteiger partial charge in [-0.2, -0.15) is 0 Å². The minimum absolute atomic E-state index is 0.0478. The fourth-order valence-corrected chi connectivity index (χ4v) is 2.05. The second-order valence-electron chi connectivity index (χ2n) is 4.98. The van der Waals surface area contributed by atoms with Gasteiger partial charge in [-0.05, 0) is 32.4 Å². The number of hydrogen-bond donors (Lipinski definition) is 2. The highest BCUT2D eigenvalue weighted by Gasteiger charge is 2.25. The van der Waals surface area contributed by atoms with Crippen LogP contribution in [0.4, 0.5) is 10.5 Å². The molecule has 0 unspecified atom stereocenters. The van der Waals surface area contributed by atoms with Gasteiger partial charge in [0.05, 0.1) is 17.9 Å². The number of amides is 2. The number of carbonyl (C=O) groups excluding carboxylic acids is 1. The summed E-state index contributed by atoms with van der Waals surface area (Å²) in [6.45, 7) is 4.85. The van der Waals surface area contributed by atoms with Gasteiger partial charge in [-0.1, -0.05) is 12.1 Å². The van der Waals surface area contributed by atoms with Crippen LogP contribution in [0.25, 0.3) is 0 Å². The molecule has 0 aliphatic carbocycles. The van der Waals surface area contributed by atoms with Crippen molar-refractivity contribution in [3.05, 3.63) is 24.3 Å². The molecule has 1 aliphatic rings. The van der Waals surface area contributed by atoms with Crippen molar-refractivity contribution < 1.29 is 14.6 Å². The van der Waals surface area contributed by atoms with Crippen molar-refractivity contribution in [3.8, 4) is 5.75 Å². The molecule has 2 rings (SSSR count). The number of benzene rings is 1. The molecule has 0 bridgehead atoms. The summed E-state index contributed by atoms with van der Waals surface area (Å²) in [4.78, 5) is 13.7. The number of nitrogens with zero attached hydrogens (tertiary/aromatic N) is 1. The Bertz CT molecular complexity index is 448. The smallest absolute Gasteiger partial charge is 0.322 e. The summed E-state index contributed by atoms with van der Waals surface area (Å²) in [5, 5.41) is 12.3. The van der Waals surface area contributed by atoms with Gasteiger partial charge in [-0.3, -0.25) is 0 Å². The zero-order chi connectivity index (χ0) is 13.8. The quantitative estimate of drug-likeness (QED) is 0.878. The van der Waals surface area contributed by atoms with Gasteiger partial charge in [-0.25, -0.2) is 4.79 Å². The van der Waals surface area contributed by atoms with Gasteiger partial charge in [-0.15, -0.1) is 0 Å². The highest BCUT2D eigenvalue weighted by molar-refractivity contribution is 5.91. The first-order chi connectivity index (χ1) is 9.06. The zero-order valence-corrected chi connectivity index (χ0v) is 11.3. The molecule has 1 aromatic rings. The van der Waals surface area contributed by atoms with Gasteiger partial charge in [0.2, 0.25) is 0 Å². The molecule has 1 saturated heterocycles. The highest BCUT2D eigenvalue weighted by atomic mass is 16.5. The van der Waals surface area contributed by atoms with E-state index in [1.807, 2.05) is 38.1 Å². The molecule has 1 fully saturated rings. The van der Waals surface area contributed by atoms with E-state index in [0.717, 1.165) is 0 Å². The Labute approximate surface area is 113 Å². The normalized spacial score (nSPS) is 18.7. The number of β-amino-alcohol motifs (C(OH)–C–C–N with tert-alkyl or cyclic N) is 1. The first-order valence-corrected chi connectivity index (χ1v) is 6.56. The number of aliphatic hydroxyl groups is 1. The van der Waals surface area contributed by atoms with Gasteiger partial charge < -0.3 is 20.1 Å². The van der Waals surface area contributed by atoms with E-state index in [2.05, 4.69) is 5.32 Å². The summed E-state index contributed by atoms with van der Waals surface area (Å²) in [5.41, 5.74) is 0.655. The number of carbonyl (C=O) groups is 1. The lowest BCUT2D eigenvalue weighted by molar-refractivity contribution is 0.176. The van der Waals surface area contributed by atoms with Crippen molar-refractivity contribution in [3.63, 3.8) is 0 Å². The summed E-state index contributed by atoms with van der Waals surface area (Å²) < 4.78 is 5.65. The van der Waals surface area contributed by atoms with Gasteiger partial charge >= 0.3 is 6.03 Å². The summed E-state index contributed by atoms with van der Waals surface area (Å²) in [6, 6.07) is 7.15. The molecule has 104 valence electrons. The van der Waals surface area contributed by atoms with Crippen molar-refractivity contribution in [2.75, 3.05) is 18.4 Å². The largest absolute Gasteiger partial charge is 0.489 e. The lowest BCUT2D eigenvalue weighted by Crippen LogP contribution is -2.33. The van der Waals surface area contributed by atoms with Crippen molar-refractivity contribution in [1.82, 2.24) is 4.90 Å². The molecule has 2 amide bonds. The number of hydrogen-bond acceptors (Lipinski definition) is 3. The van der Waals surface area contributed by atoms with Crippen LogP contribution in [0.3, 0.4) is 0 Å². The van der Waals surface area contributed by atoms with Gasteiger partial charge in [0, 0.05) is 13.1 Å². The summed E-state index contributed by atoms with van der Waals surface area (Å²) >= 11 is 0. The Kier molecular flexibility index (Phi) is 4.27. The summed E-state index contributed by atoms with van der Waals surface area (Å²) in [7, 11) is 0. The fraction of sp³-hybridized carbons (Fsp3) is 0.500. The maximum Gasteiger partial charge on any atom is 0.322 e. The molecule has 0 radical (unpaired) electrons. The van der Waals surface area contributed by atoms with Crippen LogP contribution in [-0.2, 0) is 0 Å². The average Bonchev–Trinajstić information content (AvgIpc) is 2.78. The molecule has 1 heterocycles. The second kappa shape index (κ2) is 5.93. The molecule has 1 atom stereocenters. The van der Waals surface area contributed by atoms with Crippen LogP contribution >= 0.6 is 0 Å². The van der Waals surface area contributed by atoms with Crippen molar-refractivity contribution >= 4 is 11.7 Å². The third kappa shape index (κ3) is 3.61. The van der Waals surface area contributed by atoms with Gasteiger partial charge in [0.1, 0.15) is 5.75 Å². The molecule has 1 aromatic carbocycles. The zero-order valence-electron chi connectivity index (χ0n) is 11.3. The molecule has 19 heavy (non-hydrogen) atoms. The molecule has 5 nitrogen and oxygen atoms in total. The van der Waals surface area contributed by atoms with E-state index in [9.17, 15) is 9.90 Å². The molecule has 5 heteroatoms. The molecule has 0 saturated carbocycles. The number of rotatable bonds is 3. The Morgan fingerprint density at radius 2 is 2.21 bits per heavy atom. The van der Waals surface area contributed by atoms with E-state index in [1.54, 1.807) is 4.90 Å². The van der Waals surface area contributed by atoms with Crippen molar-refractivity contribution in [2.24, 2.45) is 0 Å². The summed E-state index contributed by atoms with van der Waals surface area (Å²) in [5.74, 6) is 0.658. The lowest BCUT2D eigenvalue weighted by Gasteiger charge is -2.19. The second-order valence-corrected chi connectivity index (χ2v) is 4.98. The molecular formula is C14H20N2O3. The molecular weight excluding hydrogens is 244 g/mol. The van der Waals surface area contributed by atoms with E-state index in [4.69, 9.17) is 4.74 Å². The predicted molar refractivity (Wildman–Crippen MR) is 73.4 cm³/mol. The van der Waals surface area contributed by atoms with Crippen LogP contribution in [0, 0.1) is 0 Å².